The van der Waals surface area contributed by atoms with E-state index in [1.807, 2.05) is 24.3 Å². The van der Waals surface area contributed by atoms with E-state index < -0.39 is 0 Å². The third-order valence-electron chi connectivity index (χ3n) is 5.10. The second kappa shape index (κ2) is 16.5. The number of benzene rings is 2. The van der Waals surface area contributed by atoms with Crippen molar-refractivity contribution >= 4 is 35.6 Å². The molecule has 31 heavy (non-hydrogen) atoms. The van der Waals surface area contributed by atoms with Crippen LogP contribution in [0, 0.1) is 0 Å². The first-order valence-corrected chi connectivity index (χ1v) is 11.5. The Morgan fingerprint density at radius 3 is 1.90 bits per heavy atom. The lowest BCUT2D eigenvalue weighted by Crippen LogP contribution is -2.19. The number of unbranched alkanes of at least 4 members (excludes halogenated alkanes) is 3. The lowest BCUT2D eigenvalue weighted by Gasteiger charge is -2.13. The second-order valence-corrected chi connectivity index (χ2v) is 8.13. The summed E-state index contributed by atoms with van der Waals surface area (Å²) in [6, 6.07) is 12.0. The molecule has 2 rings (SSSR count). The van der Waals surface area contributed by atoms with Crippen molar-refractivity contribution in [3.63, 3.8) is 0 Å². The molecule has 0 fully saturated rings. The maximum Gasteiger partial charge on any atom is 0.179 e. The van der Waals surface area contributed by atoms with E-state index in [0.717, 1.165) is 49.6 Å². The van der Waals surface area contributed by atoms with Crippen molar-refractivity contribution in [3.8, 4) is 11.5 Å². The number of nitrogens with one attached hydrogen (secondary N) is 2. The predicted octanol–water partition coefficient (Wildman–Crippen LogP) is 5.96. The van der Waals surface area contributed by atoms with Crippen LogP contribution >= 0.6 is 35.6 Å². The van der Waals surface area contributed by atoms with Gasteiger partial charge in [0.1, 0.15) is 0 Å². The molecule has 0 heterocycles. The highest BCUT2D eigenvalue weighted by atomic mass is 35.5. The van der Waals surface area contributed by atoms with Gasteiger partial charge in [0.2, 0.25) is 0 Å². The van der Waals surface area contributed by atoms with Crippen molar-refractivity contribution < 1.29 is 9.47 Å². The van der Waals surface area contributed by atoms with E-state index in [1.54, 1.807) is 14.2 Å². The van der Waals surface area contributed by atoms with Crippen LogP contribution in [0.2, 0.25) is 10.0 Å². The summed E-state index contributed by atoms with van der Waals surface area (Å²) in [7, 11) is 3.23. The van der Waals surface area contributed by atoms with Gasteiger partial charge in [0.05, 0.1) is 19.2 Å². The number of halogens is 3. The van der Waals surface area contributed by atoms with Crippen LogP contribution in [0.4, 0.5) is 0 Å². The first-order chi connectivity index (χ1) is 14.7. The first kappa shape index (κ1) is 27.9. The summed E-state index contributed by atoms with van der Waals surface area (Å²) in [6.07, 6.45) is 6.86. The maximum absolute atomic E-state index is 6.42. The molecule has 2 aromatic carbocycles. The zero-order valence-electron chi connectivity index (χ0n) is 18.5. The Bertz CT molecular complexity index is 742. The van der Waals surface area contributed by atoms with E-state index in [2.05, 4.69) is 22.8 Å². The summed E-state index contributed by atoms with van der Waals surface area (Å²) in [5, 5.41) is 8.46. The van der Waals surface area contributed by atoms with Crippen LogP contribution in [0.3, 0.4) is 0 Å². The van der Waals surface area contributed by atoms with Gasteiger partial charge in [-0.2, -0.15) is 0 Å². The Morgan fingerprint density at radius 1 is 0.710 bits per heavy atom. The molecule has 0 saturated heterocycles. The summed E-state index contributed by atoms with van der Waals surface area (Å²) in [6.45, 7) is 4.04. The lowest BCUT2D eigenvalue weighted by molar-refractivity contribution is 0.354. The van der Waals surface area contributed by atoms with Crippen LogP contribution in [0.25, 0.3) is 0 Å². The molecule has 0 saturated carbocycles. The first-order valence-electron chi connectivity index (χ1n) is 10.7. The van der Waals surface area contributed by atoms with E-state index in [9.17, 15) is 0 Å². The van der Waals surface area contributed by atoms with Crippen LogP contribution in [-0.4, -0.2) is 40.4 Å². The summed E-state index contributed by atoms with van der Waals surface area (Å²) in [4.78, 5) is 0. The molecule has 0 atom stereocenters. The summed E-state index contributed by atoms with van der Waals surface area (Å²) < 4.78 is 10.6. The number of rotatable bonds is 15. The average molecular weight is 490 g/mol. The van der Waals surface area contributed by atoms with Gasteiger partial charge in [-0.1, -0.05) is 54.2 Å². The summed E-state index contributed by atoms with van der Waals surface area (Å²) in [5.41, 5.74) is 2.40. The minimum absolute atomic E-state index is 0. The third-order valence-corrected chi connectivity index (χ3v) is 5.76. The molecular weight excluding hydrogens is 455 g/mol. The van der Waals surface area contributed by atoms with Crippen LogP contribution in [0.1, 0.15) is 36.8 Å². The van der Waals surface area contributed by atoms with Gasteiger partial charge in [0.15, 0.2) is 11.5 Å². The summed E-state index contributed by atoms with van der Waals surface area (Å²) in [5.74, 6) is 1.28. The molecule has 2 N–H and O–H groups in total. The van der Waals surface area contributed by atoms with Gasteiger partial charge in [-0.15, -0.1) is 12.4 Å². The molecule has 4 nitrogen and oxygen atoms in total. The van der Waals surface area contributed by atoms with E-state index in [4.69, 9.17) is 32.7 Å². The van der Waals surface area contributed by atoms with E-state index in [-0.39, 0.29) is 12.4 Å². The van der Waals surface area contributed by atoms with Gasteiger partial charge in [-0.3, -0.25) is 0 Å². The largest absolute Gasteiger partial charge is 0.493 e. The highest BCUT2D eigenvalue weighted by molar-refractivity contribution is 6.33. The van der Waals surface area contributed by atoms with Gasteiger partial charge >= 0.3 is 0 Å². The molecule has 0 aliphatic carbocycles. The van der Waals surface area contributed by atoms with Crippen LogP contribution < -0.4 is 20.1 Å². The highest BCUT2D eigenvalue weighted by Crippen LogP contribution is 2.37. The second-order valence-electron chi connectivity index (χ2n) is 7.31. The standard InChI is InChI=1S/C24H34Cl2N2O2.ClH/c1-29-22-12-9-20(23(26)24(22)30-2)14-18-28-16-6-4-3-5-15-27-17-13-19-7-10-21(25)11-8-19;/h7-12,27-28H,3-6,13-18H2,1-2H3;1H. The molecule has 0 bridgehead atoms. The zero-order valence-corrected chi connectivity index (χ0v) is 20.8. The Balaban J connectivity index is 0.00000480. The SMILES string of the molecule is COc1ccc(CCNCCCCCCNCCc2ccc(Cl)cc2)c(Cl)c1OC.Cl. The monoisotopic (exact) mass is 488 g/mol. The van der Waals surface area contributed by atoms with Gasteiger partial charge in [-0.25, -0.2) is 0 Å². The Labute approximate surface area is 203 Å². The Morgan fingerprint density at radius 2 is 1.32 bits per heavy atom. The fourth-order valence-corrected chi connectivity index (χ4v) is 3.79. The van der Waals surface area contributed by atoms with Gasteiger partial charge < -0.3 is 20.1 Å². The van der Waals surface area contributed by atoms with Crippen molar-refractivity contribution in [2.45, 2.75) is 38.5 Å². The summed E-state index contributed by atoms with van der Waals surface area (Å²) >= 11 is 12.3. The van der Waals surface area contributed by atoms with Crippen LogP contribution in [0.5, 0.6) is 11.5 Å². The van der Waals surface area contributed by atoms with E-state index >= 15 is 0 Å². The van der Waals surface area contributed by atoms with Gasteiger partial charge in [-0.05, 0) is 81.2 Å². The molecular formula is C24H35Cl3N2O2. The molecule has 2 aromatic rings. The number of ether oxygens (including phenoxy) is 2. The quantitative estimate of drug-likeness (QED) is 0.303. The maximum atomic E-state index is 6.42. The van der Waals surface area contributed by atoms with Crippen LogP contribution in [0.15, 0.2) is 36.4 Å². The number of methoxy groups -OCH3 is 2. The minimum atomic E-state index is 0. The van der Waals surface area contributed by atoms with Crippen molar-refractivity contribution in [1.29, 1.82) is 0 Å². The number of hydrogen-bond acceptors (Lipinski definition) is 4. The molecule has 0 amide bonds. The lowest BCUT2D eigenvalue weighted by atomic mass is 10.1. The highest BCUT2D eigenvalue weighted by Gasteiger charge is 2.12. The van der Waals surface area contributed by atoms with Crippen LogP contribution in [-0.2, 0) is 12.8 Å². The number of hydrogen-bond donors (Lipinski definition) is 2. The molecule has 7 heteroatoms. The van der Waals surface area contributed by atoms with Crippen molar-refractivity contribution in [1.82, 2.24) is 10.6 Å². The van der Waals surface area contributed by atoms with E-state index in [0.29, 0.717) is 16.5 Å². The topological polar surface area (TPSA) is 42.5 Å². The Hall–Kier alpha value is -1.17. The third kappa shape index (κ3) is 10.3. The smallest absolute Gasteiger partial charge is 0.179 e. The fraction of sp³-hybridized carbons (Fsp3) is 0.500. The predicted molar refractivity (Wildman–Crippen MR) is 135 cm³/mol. The molecule has 174 valence electrons. The molecule has 0 aliphatic heterocycles. The minimum Gasteiger partial charge on any atom is -0.493 e. The van der Waals surface area contributed by atoms with E-state index in [1.165, 1.54) is 31.2 Å². The van der Waals surface area contributed by atoms with Crippen molar-refractivity contribution in [2.24, 2.45) is 0 Å². The Kier molecular flexibility index (Phi) is 14.8. The fourth-order valence-electron chi connectivity index (χ4n) is 3.33. The zero-order chi connectivity index (χ0) is 21.6. The molecule has 0 spiro atoms. The van der Waals surface area contributed by atoms with Crippen molar-refractivity contribution in [2.75, 3.05) is 40.4 Å². The average Bonchev–Trinajstić information content (AvgIpc) is 2.76. The molecule has 0 radical (unpaired) electrons. The van der Waals surface area contributed by atoms with Crippen molar-refractivity contribution in [3.05, 3.63) is 57.6 Å². The normalized spacial score (nSPS) is 10.6. The molecule has 0 aliphatic rings. The molecule has 0 aromatic heterocycles. The van der Waals surface area contributed by atoms with Gasteiger partial charge in [0.25, 0.3) is 0 Å². The van der Waals surface area contributed by atoms with Gasteiger partial charge in [0, 0.05) is 5.02 Å². The molecule has 0 unspecified atom stereocenters.